The van der Waals surface area contributed by atoms with Crippen LogP contribution in [-0.4, -0.2) is 14.7 Å². The Labute approximate surface area is 160 Å². The molecule has 0 spiro atoms. The SMILES string of the molecule is CS(=O)(=O)c1ccc(-c2cscc2-c2cc(Br)cc(Br)c2)cc1F. The molecule has 0 bridgehead atoms. The summed E-state index contributed by atoms with van der Waals surface area (Å²) in [6, 6.07) is 10.1. The van der Waals surface area contributed by atoms with Gasteiger partial charge in [-0.3, -0.25) is 0 Å². The van der Waals surface area contributed by atoms with Crippen LogP contribution in [-0.2, 0) is 9.84 Å². The van der Waals surface area contributed by atoms with Crippen molar-refractivity contribution in [2.24, 2.45) is 0 Å². The second-order valence-electron chi connectivity index (χ2n) is 5.27. The van der Waals surface area contributed by atoms with Crippen molar-refractivity contribution in [1.82, 2.24) is 0 Å². The normalized spacial score (nSPS) is 11.7. The van der Waals surface area contributed by atoms with Crippen LogP contribution >= 0.6 is 43.2 Å². The Hall–Kier alpha value is -1.02. The molecule has 0 amide bonds. The Bertz CT molecular complexity index is 1010. The van der Waals surface area contributed by atoms with Crippen molar-refractivity contribution in [3.63, 3.8) is 0 Å². The molecule has 2 nitrogen and oxygen atoms in total. The summed E-state index contributed by atoms with van der Waals surface area (Å²) in [4.78, 5) is -0.284. The van der Waals surface area contributed by atoms with Gasteiger partial charge < -0.3 is 0 Å². The first kappa shape index (κ1) is 17.8. The second kappa shape index (κ2) is 6.71. The number of rotatable bonds is 3. The quantitative estimate of drug-likeness (QED) is 0.442. The fourth-order valence-electron chi connectivity index (χ4n) is 2.42. The van der Waals surface area contributed by atoms with E-state index in [1.165, 1.54) is 23.5 Å². The Morgan fingerprint density at radius 3 is 2.04 bits per heavy atom. The van der Waals surface area contributed by atoms with Crippen molar-refractivity contribution in [2.45, 2.75) is 4.90 Å². The number of benzene rings is 2. The molecule has 3 aromatic rings. The van der Waals surface area contributed by atoms with E-state index >= 15 is 0 Å². The third-order valence-electron chi connectivity index (χ3n) is 3.48. The molecule has 0 N–H and O–H groups in total. The van der Waals surface area contributed by atoms with Gasteiger partial charge in [-0.15, -0.1) is 0 Å². The van der Waals surface area contributed by atoms with E-state index < -0.39 is 15.7 Å². The molecule has 0 atom stereocenters. The summed E-state index contributed by atoms with van der Waals surface area (Å²) in [5.74, 6) is -0.734. The summed E-state index contributed by atoms with van der Waals surface area (Å²) in [6.07, 6.45) is 1.00. The van der Waals surface area contributed by atoms with E-state index in [9.17, 15) is 12.8 Å². The highest BCUT2D eigenvalue weighted by Crippen LogP contribution is 2.38. The largest absolute Gasteiger partial charge is 0.224 e. The lowest BCUT2D eigenvalue weighted by Crippen LogP contribution is -2.00. The summed E-state index contributed by atoms with van der Waals surface area (Å²) in [7, 11) is -3.58. The molecule has 1 aromatic heterocycles. The molecule has 2 aromatic carbocycles. The van der Waals surface area contributed by atoms with E-state index in [0.717, 1.165) is 31.9 Å². The standard InChI is InChI=1S/C17H11Br2FO2S2/c1-24(21,22)17-3-2-10(6-16(17)20)14-8-23-9-15(14)11-4-12(18)7-13(19)5-11/h2-9H,1H3. The van der Waals surface area contributed by atoms with Crippen molar-refractivity contribution < 1.29 is 12.8 Å². The first-order valence-electron chi connectivity index (χ1n) is 6.78. The smallest absolute Gasteiger partial charge is 0.178 e. The molecule has 0 unspecified atom stereocenters. The number of thiophene rings is 1. The van der Waals surface area contributed by atoms with E-state index in [1.807, 2.05) is 29.0 Å². The van der Waals surface area contributed by atoms with Crippen LogP contribution in [0.1, 0.15) is 0 Å². The number of sulfone groups is 1. The third kappa shape index (κ3) is 3.64. The minimum Gasteiger partial charge on any atom is -0.224 e. The van der Waals surface area contributed by atoms with E-state index in [2.05, 4.69) is 31.9 Å². The van der Waals surface area contributed by atoms with Gasteiger partial charge in [-0.2, -0.15) is 11.3 Å². The maximum Gasteiger partial charge on any atom is 0.178 e. The average molecular weight is 490 g/mol. The van der Waals surface area contributed by atoms with E-state index in [1.54, 1.807) is 6.07 Å². The lowest BCUT2D eigenvalue weighted by Gasteiger charge is -2.08. The maximum atomic E-state index is 14.2. The Morgan fingerprint density at radius 1 is 0.917 bits per heavy atom. The fraction of sp³-hybridized carbons (Fsp3) is 0.0588. The fourth-order valence-corrected chi connectivity index (χ4v) is 5.31. The lowest BCUT2D eigenvalue weighted by atomic mass is 9.99. The van der Waals surface area contributed by atoms with Gasteiger partial charge in [0.25, 0.3) is 0 Å². The highest BCUT2D eigenvalue weighted by molar-refractivity contribution is 9.11. The molecule has 0 saturated heterocycles. The molecule has 1 heterocycles. The van der Waals surface area contributed by atoms with Crippen LogP contribution < -0.4 is 0 Å². The van der Waals surface area contributed by atoms with Gasteiger partial charge in [-0.25, -0.2) is 12.8 Å². The highest BCUT2D eigenvalue weighted by Gasteiger charge is 2.16. The molecule has 24 heavy (non-hydrogen) atoms. The summed E-state index contributed by atoms with van der Waals surface area (Å²) in [5, 5.41) is 3.92. The summed E-state index contributed by atoms with van der Waals surface area (Å²) in [5.41, 5.74) is 3.46. The van der Waals surface area contributed by atoms with Crippen molar-refractivity contribution in [3.05, 3.63) is 61.9 Å². The minimum atomic E-state index is -3.58. The van der Waals surface area contributed by atoms with Crippen LogP contribution in [0.25, 0.3) is 22.3 Å². The zero-order valence-electron chi connectivity index (χ0n) is 12.4. The van der Waals surface area contributed by atoms with Gasteiger partial charge in [0.05, 0.1) is 0 Å². The first-order chi connectivity index (χ1) is 11.3. The monoisotopic (exact) mass is 488 g/mol. The van der Waals surface area contributed by atoms with Gasteiger partial charge in [-0.05, 0) is 52.2 Å². The lowest BCUT2D eigenvalue weighted by molar-refractivity contribution is 0.571. The van der Waals surface area contributed by atoms with Crippen LogP contribution in [0.2, 0.25) is 0 Å². The van der Waals surface area contributed by atoms with Crippen LogP contribution in [0.3, 0.4) is 0 Å². The zero-order valence-corrected chi connectivity index (χ0v) is 17.2. The number of hydrogen-bond acceptors (Lipinski definition) is 3. The molecule has 7 heteroatoms. The molecular weight excluding hydrogens is 479 g/mol. The summed E-state index contributed by atoms with van der Waals surface area (Å²) < 4.78 is 39.2. The van der Waals surface area contributed by atoms with Gasteiger partial charge >= 0.3 is 0 Å². The molecule has 0 aliphatic rings. The Kier molecular flexibility index (Phi) is 4.97. The van der Waals surface area contributed by atoms with Crippen molar-refractivity contribution >= 4 is 53.0 Å². The molecule has 0 fully saturated rings. The first-order valence-corrected chi connectivity index (χ1v) is 11.2. The minimum absolute atomic E-state index is 0.284. The molecule has 0 saturated carbocycles. The van der Waals surface area contributed by atoms with E-state index in [4.69, 9.17) is 0 Å². The molecule has 0 aliphatic carbocycles. The third-order valence-corrected chi connectivity index (χ3v) is 6.27. The van der Waals surface area contributed by atoms with Crippen LogP contribution in [0.5, 0.6) is 0 Å². The van der Waals surface area contributed by atoms with Crippen molar-refractivity contribution in [1.29, 1.82) is 0 Å². The molecule has 0 radical (unpaired) electrons. The Balaban J connectivity index is 2.13. The van der Waals surface area contributed by atoms with Crippen LogP contribution in [0.4, 0.5) is 4.39 Å². The Morgan fingerprint density at radius 2 is 1.50 bits per heavy atom. The van der Waals surface area contributed by atoms with Gasteiger partial charge in [0, 0.05) is 26.3 Å². The van der Waals surface area contributed by atoms with E-state index in [0.29, 0.717) is 5.56 Å². The highest BCUT2D eigenvalue weighted by atomic mass is 79.9. The van der Waals surface area contributed by atoms with Crippen LogP contribution in [0.15, 0.2) is 61.0 Å². The summed E-state index contributed by atoms with van der Waals surface area (Å²) >= 11 is 8.45. The van der Waals surface area contributed by atoms with Crippen LogP contribution in [0, 0.1) is 5.82 Å². The number of hydrogen-bond donors (Lipinski definition) is 0. The molecule has 3 rings (SSSR count). The molecule has 0 aliphatic heterocycles. The van der Waals surface area contributed by atoms with Gasteiger partial charge in [0.15, 0.2) is 9.84 Å². The van der Waals surface area contributed by atoms with Gasteiger partial charge in [0.1, 0.15) is 10.7 Å². The van der Waals surface area contributed by atoms with Gasteiger partial charge in [0.2, 0.25) is 0 Å². The average Bonchev–Trinajstić information content (AvgIpc) is 2.94. The second-order valence-corrected chi connectivity index (χ2v) is 9.83. The maximum absolute atomic E-state index is 14.2. The molecular formula is C17H11Br2FO2S2. The zero-order chi connectivity index (χ0) is 17.5. The molecule has 124 valence electrons. The summed E-state index contributed by atoms with van der Waals surface area (Å²) in [6.45, 7) is 0. The predicted octanol–water partition coefficient (Wildman–Crippen LogP) is 6.15. The van der Waals surface area contributed by atoms with E-state index in [-0.39, 0.29) is 4.90 Å². The van der Waals surface area contributed by atoms with Gasteiger partial charge in [-0.1, -0.05) is 37.9 Å². The predicted molar refractivity (Wildman–Crippen MR) is 104 cm³/mol. The van der Waals surface area contributed by atoms with Crippen molar-refractivity contribution in [2.75, 3.05) is 6.26 Å². The number of halogens is 3. The topological polar surface area (TPSA) is 34.1 Å². The van der Waals surface area contributed by atoms with Crippen molar-refractivity contribution in [3.8, 4) is 22.3 Å².